The van der Waals surface area contributed by atoms with E-state index >= 15 is 0 Å². The Hall–Kier alpha value is -1.35. The molecular formula is C19H19BrClF3N2O3. The predicted molar refractivity (Wildman–Crippen MR) is 103 cm³/mol. The Morgan fingerprint density at radius 2 is 1.93 bits per heavy atom. The predicted octanol–water partition coefficient (Wildman–Crippen LogP) is 4.97. The third-order valence-electron chi connectivity index (χ3n) is 6.18. The highest BCUT2D eigenvalue weighted by Gasteiger charge is 2.60. The van der Waals surface area contributed by atoms with Crippen molar-refractivity contribution in [3.63, 3.8) is 0 Å². The van der Waals surface area contributed by atoms with E-state index in [0.717, 1.165) is 32.1 Å². The Morgan fingerprint density at radius 1 is 1.28 bits per heavy atom. The number of esters is 1. The SMILES string of the molecule is O=C(COC(=O)C12CC3CC(CC(Br)(C3)C1)C2)Nc1ncc(C(F)(F)F)cc1Cl. The van der Waals surface area contributed by atoms with Crippen LogP contribution in [0.1, 0.15) is 44.1 Å². The van der Waals surface area contributed by atoms with Crippen molar-refractivity contribution in [2.45, 2.75) is 49.0 Å². The van der Waals surface area contributed by atoms with E-state index in [-0.39, 0.29) is 21.1 Å². The molecule has 4 bridgehead atoms. The zero-order chi connectivity index (χ0) is 21.0. The van der Waals surface area contributed by atoms with Crippen LogP contribution in [-0.2, 0) is 20.5 Å². The Morgan fingerprint density at radius 3 is 2.48 bits per heavy atom. The van der Waals surface area contributed by atoms with Gasteiger partial charge in [-0.3, -0.25) is 9.59 Å². The number of amides is 1. The topological polar surface area (TPSA) is 68.3 Å². The van der Waals surface area contributed by atoms with Gasteiger partial charge in [0.25, 0.3) is 5.91 Å². The van der Waals surface area contributed by atoms with Gasteiger partial charge in [-0.2, -0.15) is 13.2 Å². The lowest BCUT2D eigenvalue weighted by Gasteiger charge is -2.58. The summed E-state index contributed by atoms with van der Waals surface area (Å²) in [5.41, 5.74) is -1.57. The van der Waals surface area contributed by atoms with Crippen molar-refractivity contribution < 1.29 is 27.5 Å². The summed E-state index contributed by atoms with van der Waals surface area (Å²) in [6, 6.07) is 0.682. The van der Waals surface area contributed by atoms with E-state index in [1.54, 1.807) is 0 Å². The van der Waals surface area contributed by atoms with Crippen LogP contribution in [0.15, 0.2) is 12.3 Å². The fourth-order valence-corrected chi connectivity index (χ4v) is 7.19. The first-order chi connectivity index (χ1) is 13.5. The van der Waals surface area contributed by atoms with Crippen molar-refractivity contribution in [2.75, 3.05) is 11.9 Å². The summed E-state index contributed by atoms with van der Waals surface area (Å²) in [6.07, 6.45) is 1.54. The van der Waals surface area contributed by atoms with E-state index in [1.165, 1.54) is 0 Å². The van der Waals surface area contributed by atoms with Crippen molar-refractivity contribution in [2.24, 2.45) is 17.3 Å². The van der Waals surface area contributed by atoms with Gasteiger partial charge in [0, 0.05) is 10.5 Å². The molecule has 5 nitrogen and oxygen atoms in total. The molecule has 1 aromatic heterocycles. The lowest BCUT2D eigenvalue weighted by molar-refractivity contribution is -0.170. The monoisotopic (exact) mass is 494 g/mol. The largest absolute Gasteiger partial charge is 0.455 e. The van der Waals surface area contributed by atoms with Crippen LogP contribution in [-0.4, -0.2) is 27.8 Å². The molecule has 0 aromatic carbocycles. The second-order valence-corrected chi connectivity index (χ2v) is 10.7. The Bertz CT molecular complexity index is 850. The average molecular weight is 496 g/mol. The second-order valence-electron chi connectivity index (χ2n) is 8.57. The van der Waals surface area contributed by atoms with Crippen molar-refractivity contribution in [3.8, 4) is 0 Å². The number of carbonyl (C=O) groups is 2. The molecular weight excluding hydrogens is 477 g/mol. The molecule has 4 aliphatic rings. The molecule has 5 rings (SSSR count). The number of aromatic nitrogens is 1. The van der Waals surface area contributed by atoms with E-state index < -0.39 is 29.7 Å². The van der Waals surface area contributed by atoms with Gasteiger partial charge in [0.05, 0.1) is 16.0 Å². The first kappa shape index (κ1) is 20.9. The Kier molecular flexibility index (Phi) is 5.13. The second kappa shape index (κ2) is 7.11. The summed E-state index contributed by atoms with van der Waals surface area (Å²) in [5, 5.41) is 1.94. The summed E-state index contributed by atoms with van der Waals surface area (Å²) >= 11 is 9.60. The van der Waals surface area contributed by atoms with Gasteiger partial charge in [-0.15, -0.1) is 0 Å². The molecule has 4 saturated carbocycles. The fourth-order valence-electron chi connectivity index (χ4n) is 5.53. The number of carbonyl (C=O) groups excluding carboxylic acids is 2. The lowest BCUT2D eigenvalue weighted by atomic mass is 9.49. The van der Waals surface area contributed by atoms with Crippen LogP contribution < -0.4 is 5.32 Å². The number of nitrogens with zero attached hydrogens (tertiary/aromatic N) is 1. The standard InChI is InChI=1S/C19H19BrClF3N2O3/c20-18-5-10-1-11(6-18)4-17(3-10,9-18)16(28)29-8-14(27)26-15-13(21)2-12(7-25-15)19(22,23)24/h2,7,10-11H,1,3-6,8-9H2,(H,25,26,27). The van der Waals surface area contributed by atoms with Gasteiger partial charge in [-0.25, -0.2) is 4.98 Å². The number of anilines is 1. The Balaban J connectivity index is 1.36. The van der Waals surface area contributed by atoms with E-state index in [0.29, 0.717) is 30.5 Å². The van der Waals surface area contributed by atoms with Gasteiger partial charge < -0.3 is 10.1 Å². The minimum absolute atomic E-state index is 0.0178. The average Bonchev–Trinajstić information content (AvgIpc) is 2.58. The normalized spacial score (nSPS) is 32.9. The number of rotatable bonds is 4. The van der Waals surface area contributed by atoms with E-state index in [1.807, 2.05) is 0 Å². The van der Waals surface area contributed by atoms with Crippen molar-refractivity contribution in [1.82, 2.24) is 4.98 Å². The molecule has 0 saturated heterocycles. The highest BCUT2D eigenvalue weighted by molar-refractivity contribution is 9.10. The van der Waals surface area contributed by atoms with Crippen LogP contribution in [0.5, 0.6) is 0 Å². The fraction of sp³-hybridized carbons (Fsp3) is 0.632. The van der Waals surface area contributed by atoms with Gasteiger partial charge in [-0.1, -0.05) is 27.5 Å². The molecule has 1 amide bonds. The molecule has 0 radical (unpaired) electrons. The van der Waals surface area contributed by atoms with Gasteiger partial charge in [0.2, 0.25) is 0 Å². The number of nitrogens with one attached hydrogen (secondary N) is 1. The molecule has 0 spiro atoms. The minimum atomic E-state index is -4.58. The number of alkyl halides is 4. The third-order valence-corrected chi connectivity index (χ3v) is 7.40. The van der Waals surface area contributed by atoms with E-state index in [2.05, 4.69) is 26.2 Å². The summed E-state index contributed by atoms with van der Waals surface area (Å²) in [7, 11) is 0. The van der Waals surface area contributed by atoms with E-state index in [9.17, 15) is 22.8 Å². The number of hydrogen-bond acceptors (Lipinski definition) is 4. The quantitative estimate of drug-likeness (QED) is 0.473. The molecule has 1 aromatic rings. The molecule has 2 unspecified atom stereocenters. The van der Waals surface area contributed by atoms with Crippen molar-refractivity contribution in [3.05, 3.63) is 22.8 Å². The molecule has 2 atom stereocenters. The van der Waals surface area contributed by atoms with Crippen LogP contribution in [0, 0.1) is 17.3 Å². The number of halogens is 5. The molecule has 1 heterocycles. The third kappa shape index (κ3) is 4.13. The molecule has 29 heavy (non-hydrogen) atoms. The molecule has 0 aliphatic heterocycles. The van der Waals surface area contributed by atoms with Gasteiger partial charge in [-0.05, 0) is 56.4 Å². The maximum absolute atomic E-state index is 12.8. The molecule has 10 heteroatoms. The summed E-state index contributed by atoms with van der Waals surface area (Å²) in [5.74, 6) is -0.308. The zero-order valence-electron chi connectivity index (χ0n) is 15.3. The maximum atomic E-state index is 12.8. The Labute approximate surface area is 178 Å². The van der Waals surface area contributed by atoms with Crippen molar-refractivity contribution in [1.29, 1.82) is 0 Å². The number of pyridine rings is 1. The molecule has 4 fully saturated rings. The first-order valence-electron chi connectivity index (χ1n) is 9.37. The highest BCUT2D eigenvalue weighted by atomic mass is 79.9. The minimum Gasteiger partial charge on any atom is -0.455 e. The lowest BCUT2D eigenvalue weighted by Crippen LogP contribution is -2.56. The number of ether oxygens (including phenoxy) is 1. The maximum Gasteiger partial charge on any atom is 0.417 e. The first-order valence-corrected chi connectivity index (χ1v) is 10.5. The van der Waals surface area contributed by atoms with Gasteiger partial charge in [0.1, 0.15) is 0 Å². The van der Waals surface area contributed by atoms with Crippen LogP contribution in [0.3, 0.4) is 0 Å². The van der Waals surface area contributed by atoms with Crippen LogP contribution >= 0.6 is 27.5 Å². The molecule has 158 valence electrons. The number of hydrogen-bond donors (Lipinski definition) is 1. The summed E-state index contributed by atoms with van der Waals surface area (Å²) in [4.78, 5) is 28.5. The van der Waals surface area contributed by atoms with E-state index in [4.69, 9.17) is 16.3 Å². The molecule has 1 N–H and O–H groups in total. The summed E-state index contributed by atoms with van der Waals surface area (Å²) in [6.45, 7) is -0.537. The van der Waals surface area contributed by atoms with Crippen LogP contribution in [0.2, 0.25) is 5.02 Å². The molecule has 4 aliphatic carbocycles. The summed E-state index contributed by atoms with van der Waals surface area (Å²) < 4.78 is 43.3. The van der Waals surface area contributed by atoms with Gasteiger partial charge in [0.15, 0.2) is 12.4 Å². The smallest absolute Gasteiger partial charge is 0.417 e. The van der Waals surface area contributed by atoms with Crippen LogP contribution in [0.4, 0.5) is 19.0 Å². The van der Waals surface area contributed by atoms with Crippen LogP contribution in [0.25, 0.3) is 0 Å². The highest BCUT2D eigenvalue weighted by Crippen LogP contribution is 2.64. The van der Waals surface area contributed by atoms with Crippen molar-refractivity contribution >= 4 is 45.2 Å². The zero-order valence-corrected chi connectivity index (χ0v) is 17.7. The van der Waals surface area contributed by atoms with Gasteiger partial charge >= 0.3 is 12.1 Å².